The first-order valence-electron chi connectivity index (χ1n) is 10.3. The highest BCUT2D eigenvalue weighted by molar-refractivity contribution is 5.96. The summed E-state index contributed by atoms with van der Waals surface area (Å²) in [6, 6.07) is 3.83. The molecule has 0 radical (unpaired) electrons. The average molecular weight is 393 g/mol. The van der Waals surface area contributed by atoms with Crippen molar-refractivity contribution in [3.05, 3.63) is 28.8 Å². The number of ether oxygens (including phenoxy) is 3. The Morgan fingerprint density at radius 3 is 2.64 bits per heavy atom. The molecule has 6 heteroatoms. The van der Waals surface area contributed by atoms with Crippen LogP contribution in [0.2, 0.25) is 0 Å². The Morgan fingerprint density at radius 1 is 1.32 bits per heavy atom. The minimum absolute atomic E-state index is 0.0728. The van der Waals surface area contributed by atoms with Gasteiger partial charge in [-0.05, 0) is 55.6 Å². The van der Waals surface area contributed by atoms with Gasteiger partial charge in [-0.3, -0.25) is 10.2 Å². The van der Waals surface area contributed by atoms with E-state index in [1.54, 1.807) is 0 Å². The molecule has 0 bridgehead atoms. The molecule has 1 saturated heterocycles. The predicted octanol–water partition coefficient (Wildman–Crippen LogP) is 4.06. The molecule has 1 aromatic carbocycles. The van der Waals surface area contributed by atoms with Crippen molar-refractivity contribution in [3.8, 4) is 5.75 Å². The van der Waals surface area contributed by atoms with Gasteiger partial charge in [0.05, 0.1) is 6.61 Å². The first-order chi connectivity index (χ1) is 13.3. The van der Waals surface area contributed by atoms with Crippen LogP contribution in [-0.4, -0.2) is 32.0 Å². The fraction of sp³-hybridized carbons (Fsp3) is 0.682. The second-order valence-electron chi connectivity index (χ2n) is 8.47. The average Bonchev–Trinajstić information content (AvgIpc) is 2.66. The zero-order valence-electron chi connectivity index (χ0n) is 18.0. The number of nitrogens with one attached hydrogen (secondary N) is 1. The minimum atomic E-state index is -0.315. The van der Waals surface area contributed by atoms with E-state index in [4.69, 9.17) is 20.1 Å². The highest BCUT2D eigenvalue weighted by Gasteiger charge is 2.29. The molecule has 1 heterocycles. The fourth-order valence-electron chi connectivity index (χ4n) is 3.97. The summed E-state index contributed by atoms with van der Waals surface area (Å²) in [6.45, 7) is 12.4. The van der Waals surface area contributed by atoms with Crippen molar-refractivity contribution < 1.29 is 19.0 Å². The summed E-state index contributed by atoms with van der Waals surface area (Å²) in [5.74, 6) is 6.10. The summed E-state index contributed by atoms with van der Waals surface area (Å²) in [4.78, 5) is 12.1. The quantitative estimate of drug-likeness (QED) is 0.302. The van der Waals surface area contributed by atoms with Gasteiger partial charge in [0.2, 0.25) is 0 Å². The van der Waals surface area contributed by atoms with Gasteiger partial charge in [-0.1, -0.05) is 33.8 Å². The van der Waals surface area contributed by atoms with Crippen LogP contribution in [0.25, 0.3) is 0 Å². The second-order valence-corrected chi connectivity index (χ2v) is 8.47. The van der Waals surface area contributed by atoms with Crippen molar-refractivity contribution in [2.24, 2.45) is 11.3 Å². The van der Waals surface area contributed by atoms with Crippen LogP contribution in [0.1, 0.15) is 80.8 Å². The van der Waals surface area contributed by atoms with Gasteiger partial charge >= 0.3 is 0 Å². The van der Waals surface area contributed by atoms with Gasteiger partial charge in [-0.15, -0.1) is 0 Å². The van der Waals surface area contributed by atoms with E-state index in [1.807, 2.05) is 19.1 Å². The van der Waals surface area contributed by atoms with Gasteiger partial charge in [0.1, 0.15) is 12.4 Å². The molecule has 2 rings (SSSR count). The third-order valence-corrected chi connectivity index (χ3v) is 5.41. The number of hydrogen-bond donors (Lipinski definition) is 2. The van der Waals surface area contributed by atoms with E-state index < -0.39 is 0 Å². The van der Waals surface area contributed by atoms with Gasteiger partial charge in [-0.2, -0.15) is 0 Å². The van der Waals surface area contributed by atoms with Crippen LogP contribution >= 0.6 is 0 Å². The van der Waals surface area contributed by atoms with Gasteiger partial charge in [0.25, 0.3) is 5.91 Å². The highest BCUT2D eigenvalue weighted by atomic mass is 16.7. The van der Waals surface area contributed by atoms with Crippen LogP contribution < -0.4 is 16.0 Å². The molecule has 28 heavy (non-hydrogen) atoms. The lowest BCUT2D eigenvalue weighted by molar-refractivity contribution is -0.165. The number of carbonyl (C=O) groups is 1. The topological polar surface area (TPSA) is 82.8 Å². The number of carbonyl (C=O) groups excluding carboxylic acids is 1. The third-order valence-electron chi connectivity index (χ3n) is 5.41. The smallest absolute Gasteiger partial charge is 0.265 e. The molecule has 1 aromatic rings. The monoisotopic (exact) mass is 392 g/mol. The van der Waals surface area contributed by atoms with Crippen molar-refractivity contribution in [2.75, 3.05) is 19.8 Å². The minimum Gasteiger partial charge on any atom is -0.491 e. The van der Waals surface area contributed by atoms with Gasteiger partial charge in [-0.25, -0.2) is 5.84 Å². The Morgan fingerprint density at radius 2 is 2.07 bits per heavy atom. The van der Waals surface area contributed by atoms with E-state index in [0.717, 1.165) is 49.2 Å². The first-order valence-corrected chi connectivity index (χ1v) is 10.3. The molecule has 0 aliphatic carbocycles. The Hall–Kier alpha value is -1.63. The summed E-state index contributed by atoms with van der Waals surface area (Å²) in [7, 11) is 0. The molecule has 3 N–H and O–H groups in total. The first kappa shape index (κ1) is 22.7. The SMILES string of the molecule is CC[C@@H](c1ccc(C(=O)NN)c(C)c1OCCOC1CCCCO1)C(C)(C)C. The standard InChI is InChI=1S/C22H36N2O4/c1-6-18(22(3,4)5)17-11-10-16(21(25)24-23)15(2)20(17)28-14-13-27-19-9-7-8-12-26-19/h10-11,18-19H,6-9,12-14,23H2,1-5H3,(H,24,25)/t18-,19?/m0/s1. The van der Waals surface area contributed by atoms with E-state index in [1.165, 1.54) is 0 Å². The number of hydrogen-bond acceptors (Lipinski definition) is 5. The maximum absolute atomic E-state index is 12.1. The lowest BCUT2D eigenvalue weighted by atomic mass is 9.74. The largest absolute Gasteiger partial charge is 0.491 e. The van der Waals surface area contributed by atoms with Crippen LogP contribution in [-0.2, 0) is 9.47 Å². The molecule has 0 saturated carbocycles. The highest BCUT2D eigenvalue weighted by Crippen LogP contribution is 2.43. The summed E-state index contributed by atoms with van der Waals surface area (Å²) in [5, 5.41) is 0. The van der Waals surface area contributed by atoms with Crippen molar-refractivity contribution in [3.63, 3.8) is 0 Å². The molecule has 1 aliphatic heterocycles. The molecule has 2 atom stereocenters. The van der Waals surface area contributed by atoms with Crippen LogP contribution in [0.4, 0.5) is 0 Å². The maximum Gasteiger partial charge on any atom is 0.265 e. The number of nitrogens with two attached hydrogens (primary N) is 1. The van der Waals surface area contributed by atoms with Crippen molar-refractivity contribution in [1.82, 2.24) is 5.43 Å². The lowest BCUT2D eigenvalue weighted by Gasteiger charge is -2.32. The zero-order chi connectivity index (χ0) is 20.7. The number of amides is 1. The summed E-state index contributed by atoms with van der Waals surface area (Å²) in [6.07, 6.45) is 4.01. The van der Waals surface area contributed by atoms with Crippen LogP contribution in [0.5, 0.6) is 5.75 Å². The second kappa shape index (κ2) is 10.2. The van der Waals surface area contributed by atoms with E-state index in [9.17, 15) is 4.79 Å². The Kier molecular flexibility index (Phi) is 8.28. The van der Waals surface area contributed by atoms with Crippen molar-refractivity contribution in [2.45, 2.75) is 72.5 Å². The fourth-order valence-corrected chi connectivity index (χ4v) is 3.97. The summed E-state index contributed by atoms with van der Waals surface area (Å²) >= 11 is 0. The predicted molar refractivity (Wildman–Crippen MR) is 110 cm³/mol. The van der Waals surface area contributed by atoms with Crippen LogP contribution in [0.15, 0.2) is 12.1 Å². The van der Waals surface area contributed by atoms with Crippen molar-refractivity contribution in [1.29, 1.82) is 0 Å². The van der Waals surface area contributed by atoms with Crippen LogP contribution in [0.3, 0.4) is 0 Å². The van der Waals surface area contributed by atoms with Gasteiger partial charge < -0.3 is 14.2 Å². The summed E-state index contributed by atoms with van der Waals surface area (Å²) in [5.41, 5.74) is 4.74. The molecule has 0 aromatic heterocycles. The molecular weight excluding hydrogens is 356 g/mol. The number of rotatable bonds is 8. The van der Waals surface area contributed by atoms with Gasteiger partial charge in [0, 0.05) is 17.7 Å². The third kappa shape index (κ3) is 5.69. The molecule has 1 amide bonds. The summed E-state index contributed by atoms with van der Waals surface area (Å²) < 4.78 is 17.6. The molecule has 1 fully saturated rings. The molecule has 158 valence electrons. The molecule has 0 spiro atoms. The number of nitrogen functional groups attached to an aromatic ring is 1. The van der Waals surface area contributed by atoms with E-state index >= 15 is 0 Å². The Bertz CT molecular complexity index is 649. The number of benzene rings is 1. The molecule has 6 nitrogen and oxygen atoms in total. The zero-order valence-corrected chi connectivity index (χ0v) is 18.0. The van der Waals surface area contributed by atoms with E-state index in [-0.39, 0.29) is 17.6 Å². The Balaban J connectivity index is 2.20. The normalized spacial score (nSPS) is 18.6. The molecule has 1 unspecified atom stereocenters. The van der Waals surface area contributed by atoms with Crippen LogP contribution in [0, 0.1) is 12.3 Å². The number of hydrazine groups is 1. The van der Waals surface area contributed by atoms with Gasteiger partial charge in [0.15, 0.2) is 6.29 Å². The molecular formula is C22H36N2O4. The maximum atomic E-state index is 12.1. The Labute approximate surface area is 169 Å². The van der Waals surface area contributed by atoms with E-state index in [2.05, 4.69) is 33.1 Å². The van der Waals surface area contributed by atoms with Crippen molar-refractivity contribution >= 4 is 5.91 Å². The molecule has 1 aliphatic rings. The lowest BCUT2D eigenvalue weighted by Crippen LogP contribution is -2.31. The van der Waals surface area contributed by atoms with E-state index in [0.29, 0.717) is 24.7 Å².